The summed E-state index contributed by atoms with van der Waals surface area (Å²) in [5, 5.41) is 18.3. The molecule has 0 saturated carbocycles. The first-order valence-electron chi connectivity index (χ1n) is 4.10. The van der Waals surface area contributed by atoms with Gasteiger partial charge >= 0.3 is 0 Å². The van der Waals surface area contributed by atoms with Crippen LogP contribution in [-0.2, 0) is 9.68 Å². The monoisotopic (exact) mass is 298 g/mol. The van der Waals surface area contributed by atoms with Crippen molar-refractivity contribution in [2.24, 2.45) is 0 Å². The Bertz CT molecular complexity index is 482. The minimum absolute atomic E-state index is 0.397. The molecule has 0 N–H and O–H groups in total. The number of hydrogen-bond acceptors (Lipinski definition) is 9. The van der Waals surface area contributed by atoms with E-state index in [-0.39, 0.29) is 0 Å². The van der Waals surface area contributed by atoms with Crippen LogP contribution in [0.4, 0.5) is 0 Å². The summed E-state index contributed by atoms with van der Waals surface area (Å²) in [6, 6.07) is 0. The van der Waals surface area contributed by atoms with E-state index in [1.54, 1.807) is 6.92 Å². The van der Waals surface area contributed by atoms with Crippen LogP contribution in [0.5, 0.6) is 0 Å². The molecule has 0 aliphatic rings. The van der Waals surface area contributed by atoms with Gasteiger partial charge in [-0.3, -0.25) is 0 Å². The van der Waals surface area contributed by atoms with E-state index in [0.717, 1.165) is 4.88 Å². The normalized spacial score (nSPS) is 11.8. The SMILES string of the molecule is Cc1ssc(=S)c1C(CO[N+](=O)[O-])O[N+](=O)[O-]. The summed E-state index contributed by atoms with van der Waals surface area (Å²) in [4.78, 5) is 29.5. The predicted molar refractivity (Wildman–Crippen MR) is 61.5 cm³/mol. The van der Waals surface area contributed by atoms with Crippen molar-refractivity contribution in [2.45, 2.75) is 13.0 Å². The molecule has 1 heterocycles. The van der Waals surface area contributed by atoms with E-state index in [2.05, 4.69) is 9.68 Å². The van der Waals surface area contributed by atoms with E-state index in [4.69, 9.17) is 12.2 Å². The molecule has 1 rings (SSSR count). The molecule has 0 saturated heterocycles. The molecule has 17 heavy (non-hydrogen) atoms. The lowest BCUT2D eigenvalue weighted by atomic mass is 10.2. The van der Waals surface area contributed by atoms with Gasteiger partial charge in [0.25, 0.3) is 10.2 Å². The summed E-state index contributed by atoms with van der Waals surface area (Å²) >= 11 is 4.98. The predicted octanol–water partition coefficient (Wildman–Crippen LogP) is 2.31. The van der Waals surface area contributed by atoms with Crippen molar-refractivity contribution >= 4 is 32.9 Å². The average molecular weight is 298 g/mol. The molecule has 94 valence electrons. The Morgan fingerprint density at radius 2 is 2.00 bits per heavy atom. The molecular formula is C6H6N2O6S3. The molecule has 0 aromatic carbocycles. The van der Waals surface area contributed by atoms with Gasteiger partial charge in [-0.15, -0.1) is 20.2 Å². The molecule has 8 nitrogen and oxygen atoms in total. The molecule has 0 bridgehead atoms. The van der Waals surface area contributed by atoms with Crippen LogP contribution in [0, 0.1) is 31.0 Å². The standard InChI is InChI=1S/C6H6N2O6S3/c1-3-5(6(15)17-16-3)4(14-8(11)12)2-13-7(9)10/h4H,2H2,1H3. The molecule has 0 spiro atoms. The molecule has 1 unspecified atom stereocenters. The van der Waals surface area contributed by atoms with Crippen LogP contribution in [0.25, 0.3) is 0 Å². The second-order valence-corrected chi connectivity index (χ2v) is 5.78. The minimum atomic E-state index is -1.18. The number of hydrogen-bond donors (Lipinski definition) is 0. The fourth-order valence-corrected chi connectivity index (χ4v) is 3.85. The summed E-state index contributed by atoms with van der Waals surface area (Å²) < 4.78 is 0.409. The van der Waals surface area contributed by atoms with E-state index >= 15 is 0 Å². The summed E-state index contributed by atoms with van der Waals surface area (Å²) in [5.74, 6) is 0. The van der Waals surface area contributed by atoms with Crippen molar-refractivity contribution in [3.05, 3.63) is 34.5 Å². The van der Waals surface area contributed by atoms with Crippen LogP contribution in [0.1, 0.15) is 16.5 Å². The van der Waals surface area contributed by atoms with E-state index in [1.165, 1.54) is 20.7 Å². The van der Waals surface area contributed by atoms with E-state index in [0.29, 0.717) is 9.39 Å². The molecule has 1 atom stereocenters. The third kappa shape index (κ3) is 3.87. The Morgan fingerprint density at radius 3 is 2.41 bits per heavy atom. The zero-order valence-electron chi connectivity index (χ0n) is 8.35. The first-order chi connectivity index (χ1) is 7.91. The Balaban J connectivity index is 2.93. The Kier molecular flexibility index (Phi) is 4.72. The van der Waals surface area contributed by atoms with Gasteiger partial charge in [0.15, 0.2) is 6.10 Å². The lowest BCUT2D eigenvalue weighted by Gasteiger charge is -2.12. The van der Waals surface area contributed by atoms with Gasteiger partial charge in [0, 0.05) is 10.4 Å². The summed E-state index contributed by atoms with van der Waals surface area (Å²) in [5.41, 5.74) is 0.397. The summed E-state index contributed by atoms with van der Waals surface area (Å²) in [7, 11) is 2.58. The highest BCUT2D eigenvalue weighted by Gasteiger charge is 2.23. The fourth-order valence-electron chi connectivity index (χ4n) is 1.09. The highest BCUT2D eigenvalue weighted by Crippen LogP contribution is 2.31. The van der Waals surface area contributed by atoms with Gasteiger partial charge in [-0.1, -0.05) is 32.9 Å². The van der Waals surface area contributed by atoms with Crippen LogP contribution < -0.4 is 0 Å². The first-order valence-corrected chi connectivity index (χ1v) is 6.65. The Hall–Kier alpha value is -1.33. The topological polar surface area (TPSA) is 105 Å². The van der Waals surface area contributed by atoms with Crippen molar-refractivity contribution in [1.82, 2.24) is 0 Å². The summed E-state index contributed by atoms with van der Waals surface area (Å²) in [6.45, 7) is 1.14. The molecule has 0 amide bonds. The van der Waals surface area contributed by atoms with Gasteiger partial charge in [0.2, 0.25) is 0 Å². The van der Waals surface area contributed by atoms with Gasteiger partial charge in [-0.2, -0.15) is 0 Å². The molecule has 0 aliphatic heterocycles. The van der Waals surface area contributed by atoms with Crippen molar-refractivity contribution in [2.75, 3.05) is 6.61 Å². The minimum Gasteiger partial charge on any atom is -0.311 e. The second-order valence-electron chi connectivity index (χ2n) is 2.76. The zero-order chi connectivity index (χ0) is 13.0. The zero-order valence-corrected chi connectivity index (χ0v) is 10.8. The van der Waals surface area contributed by atoms with Gasteiger partial charge in [-0.05, 0) is 6.92 Å². The lowest BCUT2D eigenvalue weighted by Crippen LogP contribution is -2.18. The highest BCUT2D eigenvalue weighted by atomic mass is 32.9. The van der Waals surface area contributed by atoms with Gasteiger partial charge < -0.3 is 9.68 Å². The molecule has 1 aromatic rings. The molecule has 0 aliphatic carbocycles. The highest BCUT2D eigenvalue weighted by molar-refractivity contribution is 7.79. The van der Waals surface area contributed by atoms with Crippen molar-refractivity contribution in [3.8, 4) is 0 Å². The number of nitrogens with zero attached hydrogens (tertiary/aromatic N) is 2. The molecule has 0 radical (unpaired) electrons. The smallest absolute Gasteiger partial charge is 0.295 e. The maximum absolute atomic E-state index is 10.3. The Morgan fingerprint density at radius 1 is 1.35 bits per heavy atom. The summed E-state index contributed by atoms with van der Waals surface area (Å²) in [6.07, 6.45) is -1.18. The van der Waals surface area contributed by atoms with Crippen LogP contribution in [-0.4, -0.2) is 16.8 Å². The van der Waals surface area contributed by atoms with E-state index in [1.807, 2.05) is 0 Å². The molecule has 0 fully saturated rings. The molecular weight excluding hydrogens is 292 g/mol. The fraction of sp³-hybridized carbons (Fsp3) is 0.500. The van der Waals surface area contributed by atoms with Crippen LogP contribution in [0.15, 0.2) is 0 Å². The molecule has 1 aromatic heterocycles. The third-order valence-electron chi connectivity index (χ3n) is 1.71. The van der Waals surface area contributed by atoms with Crippen molar-refractivity contribution in [3.63, 3.8) is 0 Å². The number of aryl methyl sites for hydroxylation is 1. The van der Waals surface area contributed by atoms with Gasteiger partial charge in [0.1, 0.15) is 10.4 Å². The van der Waals surface area contributed by atoms with Crippen LogP contribution in [0.3, 0.4) is 0 Å². The first kappa shape index (κ1) is 13.7. The quantitative estimate of drug-likeness (QED) is 0.343. The third-order valence-corrected chi connectivity index (χ3v) is 4.92. The maximum Gasteiger partial charge on any atom is 0.295 e. The van der Waals surface area contributed by atoms with Crippen molar-refractivity contribution < 1.29 is 19.8 Å². The van der Waals surface area contributed by atoms with Crippen molar-refractivity contribution in [1.29, 1.82) is 0 Å². The second kappa shape index (κ2) is 5.84. The van der Waals surface area contributed by atoms with Gasteiger partial charge in [0.05, 0.1) is 0 Å². The number of rotatable bonds is 6. The largest absolute Gasteiger partial charge is 0.311 e. The Labute approximate surface area is 107 Å². The maximum atomic E-state index is 10.3. The van der Waals surface area contributed by atoms with E-state index in [9.17, 15) is 20.2 Å². The molecule has 11 heteroatoms. The van der Waals surface area contributed by atoms with E-state index < -0.39 is 22.9 Å². The average Bonchev–Trinajstić information content (AvgIpc) is 2.53. The van der Waals surface area contributed by atoms with Crippen LogP contribution >= 0.6 is 32.9 Å². The van der Waals surface area contributed by atoms with Crippen LogP contribution in [0.2, 0.25) is 0 Å². The van der Waals surface area contributed by atoms with Gasteiger partial charge in [-0.25, -0.2) is 0 Å². The lowest BCUT2D eigenvalue weighted by molar-refractivity contribution is -0.792.